The molecule has 0 radical (unpaired) electrons. The van der Waals surface area contributed by atoms with E-state index >= 15 is 0 Å². The van der Waals surface area contributed by atoms with Gasteiger partial charge in [-0.3, -0.25) is 4.98 Å². The molecule has 0 bridgehead atoms. The summed E-state index contributed by atoms with van der Waals surface area (Å²) in [5.41, 5.74) is 2.17. The third-order valence-corrected chi connectivity index (χ3v) is 2.79. The van der Waals surface area contributed by atoms with Crippen molar-refractivity contribution in [1.82, 2.24) is 4.98 Å². The zero-order chi connectivity index (χ0) is 11.4. The van der Waals surface area contributed by atoms with Crippen molar-refractivity contribution < 1.29 is 0 Å². The molecule has 0 aliphatic heterocycles. The van der Waals surface area contributed by atoms with Crippen LogP contribution in [-0.4, -0.2) is 4.98 Å². The first-order valence-electron chi connectivity index (χ1n) is 4.83. The minimum atomic E-state index is 0.744. The molecule has 2 nitrogen and oxygen atoms in total. The number of nitrogens with zero attached hydrogens (tertiary/aromatic N) is 1. The molecule has 1 heterocycles. The SMILES string of the molecule is Clc1ccc(NCc2cncc(Br)c2)cc1. The van der Waals surface area contributed by atoms with Crippen molar-refractivity contribution in [2.45, 2.75) is 6.54 Å². The van der Waals surface area contributed by atoms with Crippen molar-refractivity contribution in [3.8, 4) is 0 Å². The molecule has 0 fully saturated rings. The molecule has 0 spiro atoms. The number of aromatic nitrogens is 1. The molecule has 1 N–H and O–H groups in total. The molecular weight excluding hydrogens is 288 g/mol. The van der Waals surface area contributed by atoms with Gasteiger partial charge < -0.3 is 5.32 Å². The van der Waals surface area contributed by atoms with Crippen LogP contribution >= 0.6 is 27.5 Å². The summed E-state index contributed by atoms with van der Waals surface area (Å²) in [4.78, 5) is 4.10. The van der Waals surface area contributed by atoms with Crippen molar-refractivity contribution >= 4 is 33.2 Å². The summed E-state index contributed by atoms with van der Waals surface area (Å²) in [5.74, 6) is 0. The van der Waals surface area contributed by atoms with Gasteiger partial charge in [-0.2, -0.15) is 0 Å². The van der Waals surface area contributed by atoms with E-state index in [1.807, 2.05) is 36.5 Å². The van der Waals surface area contributed by atoms with Crippen molar-refractivity contribution in [2.75, 3.05) is 5.32 Å². The lowest BCUT2D eigenvalue weighted by Crippen LogP contribution is -1.99. The summed E-state index contributed by atoms with van der Waals surface area (Å²) in [6, 6.07) is 9.67. The first-order valence-corrected chi connectivity index (χ1v) is 6.00. The van der Waals surface area contributed by atoms with Crippen LogP contribution < -0.4 is 5.32 Å². The number of hydrogen-bond acceptors (Lipinski definition) is 2. The van der Waals surface area contributed by atoms with Crippen LogP contribution in [0.1, 0.15) is 5.56 Å². The summed E-state index contributed by atoms with van der Waals surface area (Å²) in [7, 11) is 0. The smallest absolute Gasteiger partial charge is 0.0416 e. The topological polar surface area (TPSA) is 24.9 Å². The molecule has 0 aliphatic rings. The number of anilines is 1. The quantitative estimate of drug-likeness (QED) is 0.922. The van der Waals surface area contributed by atoms with Crippen LogP contribution in [0.4, 0.5) is 5.69 Å². The fraction of sp³-hybridized carbons (Fsp3) is 0.0833. The Balaban J connectivity index is 1.99. The minimum absolute atomic E-state index is 0.744. The lowest BCUT2D eigenvalue weighted by Gasteiger charge is -2.06. The largest absolute Gasteiger partial charge is 0.381 e. The molecule has 1 aromatic carbocycles. The molecule has 16 heavy (non-hydrogen) atoms. The zero-order valence-electron chi connectivity index (χ0n) is 8.45. The van der Waals surface area contributed by atoms with Gasteiger partial charge in [-0.25, -0.2) is 0 Å². The van der Waals surface area contributed by atoms with Crippen LogP contribution in [0.3, 0.4) is 0 Å². The average molecular weight is 298 g/mol. The Labute approximate surface area is 108 Å². The predicted octanol–water partition coefficient (Wildman–Crippen LogP) is 4.11. The lowest BCUT2D eigenvalue weighted by molar-refractivity contribution is 1.11. The fourth-order valence-corrected chi connectivity index (χ4v) is 1.86. The highest BCUT2D eigenvalue weighted by Crippen LogP contribution is 2.15. The van der Waals surface area contributed by atoms with E-state index in [0.29, 0.717) is 0 Å². The van der Waals surface area contributed by atoms with Gasteiger partial charge in [0.25, 0.3) is 0 Å². The van der Waals surface area contributed by atoms with Crippen LogP contribution in [-0.2, 0) is 6.54 Å². The molecule has 82 valence electrons. The Morgan fingerprint density at radius 2 is 1.94 bits per heavy atom. The summed E-state index contributed by atoms with van der Waals surface area (Å²) < 4.78 is 0.989. The Bertz CT molecular complexity index is 471. The third kappa shape index (κ3) is 3.22. The second kappa shape index (κ2) is 5.32. The van der Waals surface area contributed by atoms with E-state index in [0.717, 1.165) is 27.3 Å². The first kappa shape index (κ1) is 11.4. The van der Waals surface area contributed by atoms with Crippen LogP contribution in [0.5, 0.6) is 0 Å². The zero-order valence-corrected chi connectivity index (χ0v) is 10.8. The summed E-state index contributed by atoms with van der Waals surface area (Å²) in [6.07, 6.45) is 3.61. The second-order valence-electron chi connectivity index (χ2n) is 3.37. The van der Waals surface area contributed by atoms with E-state index in [1.165, 1.54) is 0 Å². The van der Waals surface area contributed by atoms with Gasteiger partial charge in [0.15, 0.2) is 0 Å². The average Bonchev–Trinajstić information content (AvgIpc) is 2.28. The van der Waals surface area contributed by atoms with E-state index in [2.05, 4.69) is 26.2 Å². The maximum absolute atomic E-state index is 5.81. The van der Waals surface area contributed by atoms with Crippen LogP contribution in [0.25, 0.3) is 0 Å². The molecule has 1 aromatic heterocycles. The van der Waals surface area contributed by atoms with Gasteiger partial charge in [0.05, 0.1) is 0 Å². The standard InChI is InChI=1S/C12H10BrClN2/c13-10-5-9(6-15-8-10)7-16-12-3-1-11(14)2-4-12/h1-6,8,16H,7H2. The highest BCUT2D eigenvalue weighted by Gasteiger charge is 1.95. The fourth-order valence-electron chi connectivity index (χ4n) is 1.32. The van der Waals surface area contributed by atoms with E-state index in [9.17, 15) is 0 Å². The van der Waals surface area contributed by atoms with Gasteiger partial charge in [0, 0.05) is 34.1 Å². The number of pyridine rings is 1. The van der Waals surface area contributed by atoms with Crippen LogP contribution in [0.2, 0.25) is 5.02 Å². The first-order chi connectivity index (χ1) is 7.74. The molecule has 0 amide bonds. The molecule has 0 saturated carbocycles. The molecule has 0 saturated heterocycles. The molecule has 4 heteroatoms. The molecule has 0 unspecified atom stereocenters. The monoisotopic (exact) mass is 296 g/mol. The Morgan fingerprint density at radius 3 is 2.62 bits per heavy atom. The van der Waals surface area contributed by atoms with Crippen molar-refractivity contribution in [3.05, 3.63) is 57.8 Å². The van der Waals surface area contributed by atoms with Gasteiger partial charge in [-0.05, 0) is 51.8 Å². The number of rotatable bonds is 3. The summed E-state index contributed by atoms with van der Waals surface area (Å²) in [6.45, 7) is 0.744. The number of halogens is 2. The Kier molecular flexibility index (Phi) is 3.80. The maximum atomic E-state index is 5.81. The normalized spacial score (nSPS) is 10.1. The van der Waals surface area contributed by atoms with Gasteiger partial charge in [0.2, 0.25) is 0 Å². The van der Waals surface area contributed by atoms with E-state index in [1.54, 1.807) is 6.20 Å². The maximum Gasteiger partial charge on any atom is 0.0416 e. The van der Waals surface area contributed by atoms with Gasteiger partial charge >= 0.3 is 0 Å². The van der Waals surface area contributed by atoms with E-state index in [4.69, 9.17) is 11.6 Å². The molecule has 2 aromatic rings. The molecule has 0 atom stereocenters. The van der Waals surface area contributed by atoms with E-state index < -0.39 is 0 Å². The van der Waals surface area contributed by atoms with Gasteiger partial charge in [0.1, 0.15) is 0 Å². The third-order valence-electron chi connectivity index (χ3n) is 2.10. The summed E-state index contributed by atoms with van der Waals surface area (Å²) in [5, 5.41) is 4.04. The lowest BCUT2D eigenvalue weighted by atomic mass is 10.2. The molecule has 2 rings (SSSR count). The van der Waals surface area contributed by atoms with Crippen molar-refractivity contribution in [1.29, 1.82) is 0 Å². The van der Waals surface area contributed by atoms with Gasteiger partial charge in [-0.1, -0.05) is 11.6 Å². The second-order valence-corrected chi connectivity index (χ2v) is 4.72. The molecular formula is C12H10BrClN2. The Hall–Kier alpha value is -1.06. The highest BCUT2D eigenvalue weighted by molar-refractivity contribution is 9.10. The van der Waals surface area contributed by atoms with Crippen LogP contribution in [0.15, 0.2) is 47.2 Å². The number of nitrogens with one attached hydrogen (secondary N) is 1. The highest BCUT2D eigenvalue weighted by atomic mass is 79.9. The van der Waals surface area contributed by atoms with E-state index in [-0.39, 0.29) is 0 Å². The predicted molar refractivity (Wildman–Crippen MR) is 70.7 cm³/mol. The van der Waals surface area contributed by atoms with Gasteiger partial charge in [-0.15, -0.1) is 0 Å². The Morgan fingerprint density at radius 1 is 1.19 bits per heavy atom. The minimum Gasteiger partial charge on any atom is -0.381 e. The van der Waals surface area contributed by atoms with Crippen molar-refractivity contribution in [3.63, 3.8) is 0 Å². The van der Waals surface area contributed by atoms with Crippen molar-refractivity contribution in [2.24, 2.45) is 0 Å². The molecule has 0 aliphatic carbocycles. The van der Waals surface area contributed by atoms with Crippen LogP contribution in [0, 0.1) is 0 Å². The summed E-state index contributed by atoms with van der Waals surface area (Å²) >= 11 is 9.20. The number of benzene rings is 1. The number of hydrogen-bond donors (Lipinski definition) is 1.